The van der Waals surface area contributed by atoms with Crippen LogP contribution in [0, 0.1) is 0 Å². The average Bonchev–Trinajstić information content (AvgIpc) is 3.24. The van der Waals surface area contributed by atoms with Crippen molar-refractivity contribution in [2.24, 2.45) is 0 Å². The van der Waals surface area contributed by atoms with Gasteiger partial charge < -0.3 is 38.2 Å². The number of ether oxygens (including phenoxy) is 6. The number of nitrogens with one attached hydrogen (secondary N) is 1. The highest BCUT2D eigenvalue weighted by molar-refractivity contribution is 7.47. The summed E-state index contributed by atoms with van der Waals surface area (Å²) >= 11 is 0. The number of phosphoric acid groups is 1. The molecule has 0 heterocycles. The van der Waals surface area contributed by atoms with Gasteiger partial charge in [-0.25, -0.2) is 4.57 Å². The topological polar surface area (TPSA) is 126 Å². The molecule has 12 nitrogen and oxygen atoms in total. The number of hydrogen-bond donors (Lipinski definition) is 2. The van der Waals surface area contributed by atoms with E-state index in [9.17, 15) is 9.46 Å². The van der Waals surface area contributed by atoms with Gasteiger partial charge in [-0.1, -0.05) is 122 Å². The maximum Gasteiger partial charge on any atom is 0.472 e. The minimum absolute atomic E-state index is 0.0154. The van der Waals surface area contributed by atoms with Gasteiger partial charge in [-0.3, -0.25) is 14.4 Å². The van der Waals surface area contributed by atoms with Crippen molar-refractivity contribution in [3.8, 4) is 5.75 Å². The van der Waals surface area contributed by atoms with Crippen LogP contribution in [0.1, 0.15) is 148 Å². The fraction of sp³-hybridized carbons (Fsp3) is 0.783. The molecule has 0 amide bonds. The predicted octanol–water partition coefficient (Wildman–Crippen LogP) is 11.0. The van der Waals surface area contributed by atoms with E-state index in [1.54, 1.807) is 7.11 Å². The van der Waals surface area contributed by atoms with E-state index in [2.05, 4.69) is 43.4 Å². The minimum Gasteiger partial charge on any atom is -0.497 e. The highest BCUT2D eigenvalue weighted by Gasteiger charge is 2.24. The smallest absolute Gasteiger partial charge is 0.472 e. The minimum atomic E-state index is -4.24. The van der Waals surface area contributed by atoms with Gasteiger partial charge in [-0.05, 0) is 87.3 Å². The Kier molecular flexibility index (Phi) is 32.5. The molecule has 2 N–H and O–H groups in total. The van der Waals surface area contributed by atoms with E-state index >= 15 is 0 Å². The maximum absolute atomic E-state index is 12.5. The average molecular weight is 855 g/mol. The van der Waals surface area contributed by atoms with Crippen molar-refractivity contribution >= 4 is 18.6 Å². The number of phosphoric ester groups is 1. The summed E-state index contributed by atoms with van der Waals surface area (Å²) in [5, 5.41) is 5.67. The van der Waals surface area contributed by atoms with Crippen molar-refractivity contribution in [3.63, 3.8) is 0 Å². The van der Waals surface area contributed by atoms with E-state index in [4.69, 9.17) is 37.5 Å². The highest BCUT2D eigenvalue weighted by Crippen LogP contribution is 2.43. The number of rotatable bonds is 42. The standard InChI is InChI=1S/C46H83N2O10P/c1-6-8-9-10-11-12-13-14-15-16-17-18-19-20-23-31-52-39-54-36-46(37-58-59(49,50)57-33-30-48(4)7-2)56-40-53-32-24-21-22-29-47-38-55-41(3)42-25-26-44-35-45(51-5)28-27-43(44)34-42/h25-28,34-35,41,46-47H,6-24,29-33,36-40H2,1-5H3,(H,49,50). The Bertz CT molecular complexity index is 1320. The first-order valence-corrected chi connectivity index (χ1v) is 24.3. The number of benzene rings is 2. The number of unbranched alkanes of at least 4 members (excludes halogenated alkanes) is 16. The second-order valence-corrected chi connectivity index (χ2v) is 17.1. The van der Waals surface area contributed by atoms with E-state index < -0.39 is 13.9 Å². The molecule has 0 saturated carbocycles. The molecule has 2 aromatic carbocycles. The largest absolute Gasteiger partial charge is 0.497 e. The van der Waals surface area contributed by atoms with Crippen molar-refractivity contribution in [1.82, 2.24) is 10.2 Å². The Hall–Kier alpha value is -1.67. The number of likely N-dealkylation sites (N-methyl/N-ethyl adjacent to an activating group) is 1. The molecule has 0 fully saturated rings. The zero-order valence-corrected chi connectivity index (χ0v) is 38.5. The molecule has 0 bridgehead atoms. The van der Waals surface area contributed by atoms with E-state index in [-0.39, 0.29) is 39.5 Å². The first-order chi connectivity index (χ1) is 28.8. The number of methoxy groups -OCH3 is 1. The molecule has 0 radical (unpaired) electrons. The van der Waals surface area contributed by atoms with E-state index in [1.807, 2.05) is 31.0 Å². The normalized spacial score (nSPS) is 13.9. The SMILES string of the molecule is CCCCCCCCCCCCCCCCCOCOCC(COP(=O)(O)OCCN(C)CC)OCOCCCCCNCOC(C)c1ccc2cc(OC)ccc2c1. The zero-order chi connectivity index (χ0) is 42.7. The molecule has 0 spiro atoms. The molecule has 0 aromatic heterocycles. The summed E-state index contributed by atoms with van der Waals surface area (Å²) in [6.07, 6.45) is 22.1. The van der Waals surface area contributed by atoms with Gasteiger partial charge in [0.15, 0.2) is 0 Å². The fourth-order valence-electron chi connectivity index (χ4n) is 6.51. The van der Waals surface area contributed by atoms with Crippen LogP contribution in [0.25, 0.3) is 10.8 Å². The number of hydrogen-bond acceptors (Lipinski definition) is 11. The summed E-state index contributed by atoms with van der Waals surface area (Å²) in [4.78, 5) is 12.2. The molecule has 0 aliphatic carbocycles. The van der Waals surface area contributed by atoms with Gasteiger partial charge in [-0.15, -0.1) is 0 Å². The zero-order valence-electron chi connectivity index (χ0n) is 37.6. The lowest BCUT2D eigenvalue weighted by Gasteiger charge is -2.20. The van der Waals surface area contributed by atoms with Crippen molar-refractivity contribution in [2.75, 3.05) is 87.1 Å². The molecule has 13 heteroatoms. The lowest BCUT2D eigenvalue weighted by Crippen LogP contribution is -2.27. The highest BCUT2D eigenvalue weighted by atomic mass is 31.2. The van der Waals surface area contributed by atoms with Crippen LogP contribution < -0.4 is 10.1 Å². The molecular formula is C46H83N2O10P. The lowest BCUT2D eigenvalue weighted by atomic mass is 10.0. The third-order valence-corrected chi connectivity index (χ3v) is 11.5. The summed E-state index contributed by atoms with van der Waals surface area (Å²) in [5.74, 6) is 0.852. The summed E-state index contributed by atoms with van der Waals surface area (Å²) in [5.41, 5.74) is 1.14. The van der Waals surface area contributed by atoms with Crippen LogP contribution in [0.3, 0.4) is 0 Å². The van der Waals surface area contributed by atoms with Crippen LogP contribution in [0.15, 0.2) is 36.4 Å². The van der Waals surface area contributed by atoms with Gasteiger partial charge in [0, 0.05) is 19.8 Å². The van der Waals surface area contributed by atoms with Gasteiger partial charge in [0.05, 0.1) is 39.8 Å². The molecule has 342 valence electrons. The molecular weight excluding hydrogens is 771 g/mol. The van der Waals surface area contributed by atoms with Crippen LogP contribution in [-0.2, 0) is 37.3 Å². The number of fused-ring (bicyclic) bond motifs is 1. The summed E-state index contributed by atoms with van der Waals surface area (Å²) < 4.78 is 57.1. The van der Waals surface area contributed by atoms with Gasteiger partial charge in [0.2, 0.25) is 0 Å². The van der Waals surface area contributed by atoms with Crippen LogP contribution in [-0.4, -0.2) is 103 Å². The molecule has 0 saturated heterocycles. The molecule has 0 aliphatic rings. The Morgan fingerprint density at radius 1 is 0.678 bits per heavy atom. The van der Waals surface area contributed by atoms with Crippen molar-refractivity contribution in [2.45, 2.75) is 149 Å². The van der Waals surface area contributed by atoms with E-state index in [0.29, 0.717) is 26.5 Å². The summed E-state index contributed by atoms with van der Waals surface area (Å²) in [6.45, 7) is 10.3. The van der Waals surface area contributed by atoms with Gasteiger partial charge in [0.1, 0.15) is 25.4 Å². The van der Waals surface area contributed by atoms with E-state index in [0.717, 1.165) is 67.3 Å². The summed E-state index contributed by atoms with van der Waals surface area (Å²) in [7, 11) is -0.653. The third kappa shape index (κ3) is 28.5. The first-order valence-electron chi connectivity index (χ1n) is 22.8. The molecule has 3 unspecified atom stereocenters. The third-order valence-electron chi connectivity index (χ3n) is 10.6. The van der Waals surface area contributed by atoms with Crippen molar-refractivity contribution < 1.29 is 46.9 Å². The monoisotopic (exact) mass is 855 g/mol. The Morgan fingerprint density at radius 2 is 1.27 bits per heavy atom. The van der Waals surface area contributed by atoms with Crippen LogP contribution >= 0.6 is 7.82 Å². The van der Waals surface area contributed by atoms with Gasteiger partial charge in [0.25, 0.3) is 0 Å². The first kappa shape index (κ1) is 53.5. The van der Waals surface area contributed by atoms with Crippen molar-refractivity contribution in [3.05, 3.63) is 42.0 Å². The molecule has 0 aliphatic heterocycles. The molecule has 59 heavy (non-hydrogen) atoms. The van der Waals surface area contributed by atoms with E-state index in [1.165, 1.54) is 83.5 Å². The van der Waals surface area contributed by atoms with Crippen molar-refractivity contribution in [1.29, 1.82) is 0 Å². The Labute approximate surface area is 358 Å². The Morgan fingerprint density at radius 3 is 1.92 bits per heavy atom. The second-order valence-electron chi connectivity index (χ2n) is 15.6. The van der Waals surface area contributed by atoms with Crippen LogP contribution in [0.4, 0.5) is 0 Å². The Balaban J connectivity index is 1.53. The van der Waals surface area contributed by atoms with Gasteiger partial charge in [-0.2, -0.15) is 0 Å². The quantitative estimate of drug-likeness (QED) is 0.0375. The van der Waals surface area contributed by atoms with Crippen LogP contribution in [0.5, 0.6) is 5.75 Å². The maximum atomic E-state index is 12.5. The van der Waals surface area contributed by atoms with Gasteiger partial charge >= 0.3 is 7.82 Å². The molecule has 2 rings (SSSR count). The molecule has 2 aromatic rings. The number of nitrogens with zero attached hydrogens (tertiary/aromatic N) is 1. The predicted molar refractivity (Wildman–Crippen MR) is 239 cm³/mol. The second kappa shape index (κ2) is 35.9. The molecule has 3 atom stereocenters. The lowest BCUT2D eigenvalue weighted by molar-refractivity contribution is -0.143. The van der Waals surface area contributed by atoms with Crippen LogP contribution in [0.2, 0.25) is 0 Å². The fourth-order valence-corrected chi connectivity index (χ4v) is 7.25. The summed E-state index contributed by atoms with van der Waals surface area (Å²) in [6, 6.07) is 12.4.